The van der Waals surface area contributed by atoms with Crippen molar-refractivity contribution in [1.29, 1.82) is 0 Å². The zero-order valence-corrected chi connectivity index (χ0v) is 7.91. The van der Waals surface area contributed by atoms with E-state index in [1.165, 1.54) is 11.5 Å². The van der Waals surface area contributed by atoms with Crippen LogP contribution in [0.5, 0.6) is 5.75 Å². The molecule has 0 atom stereocenters. The Morgan fingerprint density at radius 3 is 3.00 bits per heavy atom. The van der Waals surface area contributed by atoms with Crippen molar-refractivity contribution < 1.29 is 4.74 Å². The Labute approximate surface area is 80.2 Å². The lowest BCUT2D eigenvalue weighted by molar-refractivity contribution is 0.415. The topological polar surface area (TPSA) is 35.0 Å². The fraction of sp³-hybridized carbons (Fsp3) is 0.111. The number of benzene rings is 1. The SMILES string of the molecule is COc1cccc(-c2csnn2)c1. The first kappa shape index (κ1) is 8.19. The Kier molecular flexibility index (Phi) is 2.23. The van der Waals surface area contributed by atoms with E-state index >= 15 is 0 Å². The molecule has 66 valence electrons. The van der Waals surface area contributed by atoms with E-state index in [0.29, 0.717) is 0 Å². The minimum atomic E-state index is 0.838. The van der Waals surface area contributed by atoms with Crippen LogP contribution in [0.2, 0.25) is 0 Å². The van der Waals surface area contributed by atoms with Gasteiger partial charge in [0.2, 0.25) is 0 Å². The second-order valence-corrected chi connectivity index (χ2v) is 3.13. The zero-order valence-electron chi connectivity index (χ0n) is 7.10. The molecular formula is C9H8N2OS. The first-order chi connectivity index (χ1) is 6.40. The molecule has 2 aromatic rings. The second-order valence-electron chi connectivity index (χ2n) is 2.52. The molecule has 0 spiro atoms. The Morgan fingerprint density at radius 2 is 2.31 bits per heavy atom. The maximum atomic E-state index is 5.11. The molecule has 0 N–H and O–H groups in total. The van der Waals surface area contributed by atoms with Gasteiger partial charge in [0.25, 0.3) is 0 Å². The summed E-state index contributed by atoms with van der Waals surface area (Å²) in [6.45, 7) is 0. The molecule has 4 heteroatoms. The Hall–Kier alpha value is -1.42. The molecule has 2 rings (SSSR count). The molecule has 0 fully saturated rings. The van der Waals surface area contributed by atoms with Gasteiger partial charge in [0.05, 0.1) is 7.11 Å². The summed E-state index contributed by atoms with van der Waals surface area (Å²) in [7, 11) is 1.65. The van der Waals surface area contributed by atoms with Crippen molar-refractivity contribution in [2.45, 2.75) is 0 Å². The highest BCUT2D eigenvalue weighted by atomic mass is 32.1. The molecular weight excluding hydrogens is 184 g/mol. The first-order valence-electron chi connectivity index (χ1n) is 3.81. The number of ether oxygens (including phenoxy) is 1. The van der Waals surface area contributed by atoms with Gasteiger partial charge in [0.1, 0.15) is 11.4 Å². The third-order valence-electron chi connectivity index (χ3n) is 1.73. The number of nitrogens with zero attached hydrogens (tertiary/aromatic N) is 2. The maximum absolute atomic E-state index is 5.11. The number of rotatable bonds is 2. The van der Waals surface area contributed by atoms with Crippen LogP contribution in [0.3, 0.4) is 0 Å². The van der Waals surface area contributed by atoms with Gasteiger partial charge in [-0.1, -0.05) is 16.6 Å². The van der Waals surface area contributed by atoms with Crippen LogP contribution in [0, 0.1) is 0 Å². The Bertz CT molecular complexity index is 386. The van der Waals surface area contributed by atoms with Crippen molar-refractivity contribution in [2.24, 2.45) is 0 Å². The molecule has 0 aliphatic rings. The number of hydrogen-bond donors (Lipinski definition) is 0. The van der Waals surface area contributed by atoms with Gasteiger partial charge in [-0.05, 0) is 23.7 Å². The van der Waals surface area contributed by atoms with E-state index in [1.807, 2.05) is 29.6 Å². The van der Waals surface area contributed by atoms with Gasteiger partial charge in [-0.15, -0.1) is 5.10 Å². The van der Waals surface area contributed by atoms with Crippen LogP contribution in [-0.2, 0) is 0 Å². The van der Waals surface area contributed by atoms with Crippen LogP contribution < -0.4 is 4.74 Å². The molecule has 0 radical (unpaired) electrons. The van der Waals surface area contributed by atoms with Crippen LogP contribution >= 0.6 is 11.5 Å². The van der Waals surface area contributed by atoms with E-state index in [2.05, 4.69) is 9.59 Å². The highest BCUT2D eigenvalue weighted by Crippen LogP contribution is 2.22. The van der Waals surface area contributed by atoms with E-state index in [-0.39, 0.29) is 0 Å². The molecule has 0 saturated carbocycles. The lowest BCUT2D eigenvalue weighted by Crippen LogP contribution is -1.83. The van der Waals surface area contributed by atoms with Gasteiger partial charge in [-0.3, -0.25) is 0 Å². The van der Waals surface area contributed by atoms with Gasteiger partial charge >= 0.3 is 0 Å². The van der Waals surface area contributed by atoms with E-state index < -0.39 is 0 Å². The van der Waals surface area contributed by atoms with Crippen LogP contribution in [0.25, 0.3) is 11.3 Å². The molecule has 0 bridgehead atoms. The highest BCUT2D eigenvalue weighted by molar-refractivity contribution is 7.03. The van der Waals surface area contributed by atoms with Crippen molar-refractivity contribution in [3.8, 4) is 17.0 Å². The van der Waals surface area contributed by atoms with Crippen LogP contribution in [0.15, 0.2) is 29.6 Å². The van der Waals surface area contributed by atoms with E-state index in [9.17, 15) is 0 Å². The second kappa shape index (κ2) is 3.53. The van der Waals surface area contributed by atoms with E-state index in [1.54, 1.807) is 7.11 Å². The summed E-state index contributed by atoms with van der Waals surface area (Å²) in [6.07, 6.45) is 0. The average Bonchev–Trinajstić information content (AvgIpc) is 2.71. The maximum Gasteiger partial charge on any atom is 0.119 e. The third kappa shape index (κ3) is 1.67. The standard InChI is InChI=1S/C9H8N2OS/c1-12-8-4-2-3-7(5-8)9-6-13-11-10-9/h2-6H,1H3. The van der Waals surface area contributed by atoms with E-state index in [4.69, 9.17) is 4.74 Å². The molecule has 1 aromatic carbocycles. The summed E-state index contributed by atoms with van der Waals surface area (Å²) in [5, 5.41) is 5.89. The normalized spacial score (nSPS) is 9.92. The van der Waals surface area contributed by atoms with E-state index in [0.717, 1.165) is 17.0 Å². The van der Waals surface area contributed by atoms with Crippen molar-refractivity contribution in [3.63, 3.8) is 0 Å². The monoisotopic (exact) mass is 192 g/mol. The number of aromatic nitrogens is 2. The fourth-order valence-corrected chi connectivity index (χ4v) is 1.54. The van der Waals surface area contributed by atoms with Crippen molar-refractivity contribution in [3.05, 3.63) is 29.6 Å². The van der Waals surface area contributed by atoms with Gasteiger partial charge in [0.15, 0.2) is 0 Å². The average molecular weight is 192 g/mol. The predicted octanol–water partition coefficient (Wildman–Crippen LogP) is 2.21. The summed E-state index contributed by atoms with van der Waals surface area (Å²) >= 11 is 1.35. The predicted molar refractivity (Wildman–Crippen MR) is 51.9 cm³/mol. The van der Waals surface area contributed by atoms with Crippen LogP contribution in [0.1, 0.15) is 0 Å². The molecule has 0 unspecified atom stereocenters. The summed E-state index contributed by atoms with van der Waals surface area (Å²) in [6, 6.07) is 7.77. The number of methoxy groups -OCH3 is 1. The first-order valence-corrected chi connectivity index (χ1v) is 4.65. The van der Waals surface area contributed by atoms with Gasteiger partial charge in [-0.25, -0.2) is 0 Å². The molecule has 0 aliphatic heterocycles. The van der Waals surface area contributed by atoms with Crippen molar-refractivity contribution in [1.82, 2.24) is 9.59 Å². The molecule has 0 saturated heterocycles. The van der Waals surface area contributed by atoms with Gasteiger partial charge < -0.3 is 4.74 Å². The summed E-state index contributed by atoms with van der Waals surface area (Å²) < 4.78 is 8.91. The minimum Gasteiger partial charge on any atom is -0.497 e. The summed E-state index contributed by atoms with van der Waals surface area (Å²) in [4.78, 5) is 0. The molecule has 13 heavy (non-hydrogen) atoms. The lowest BCUT2D eigenvalue weighted by Gasteiger charge is -2.00. The molecule has 1 aromatic heterocycles. The van der Waals surface area contributed by atoms with Crippen molar-refractivity contribution >= 4 is 11.5 Å². The Balaban J connectivity index is 2.41. The van der Waals surface area contributed by atoms with Crippen LogP contribution in [0.4, 0.5) is 0 Å². The zero-order chi connectivity index (χ0) is 9.10. The third-order valence-corrected chi connectivity index (χ3v) is 2.23. The summed E-state index contributed by atoms with van der Waals surface area (Å²) in [5.41, 5.74) is 1.93. The van der Waals surface area contributed by atoms with Crippen LogP contribution in [-0.4, -0.2) is 16.7 Å². The quantitative estimate of drug-likeness (QED) is 0.731. The molecule has 0 amide bonds. The van der Waals surface area contributed by atoms with Crippen molar-refractivity contribution in [2.75, 3.05) is 7.11 Å². The smallest absolute Gasteiger partial charge is 0.119 e. The largest absolute Gasteiger partial charge is 0.497 e. The lowest BCUT2D eigenvalue weighted by atomic mass is 10.2. The highest BCUT2D eigenvalue weighted by Gasteiger charge is 2.01. The van der Waals surface area contributed by atoms with Gasteiger partial charge in [-0.2, -0.15) is 0 Å². The fourth-order valence-electron chi connectivity index (χ4n) is 1.07. The van der Waals surface area contributed by atoms with Gasteiger partial charge in [0, 0.05) is 10.9 Å². The molecule has 0 aliphatic carbocycles. The Morgan fingerprint density at radius 1 is 1.38 bits per heavy atom. The minimum absolute atomic E-state index is 0.838. The summed E-state index contributed by atoms with van der Waals surface area (Å²) in [5.74, 6) is 0.838. The number of hydrogen-bond acceptors (Lipinski definition) is 4. The molecule has 1 heterocycles. The molecule has 3 nitrogen and oxygen atoms in total.